The van der Waals surface area contributed by atoms with Gasteiger partial charge in [-0.1, -0.05) is 17.3 Å². The number of hydrogen-bond donors (Lipinski definition) is 0. The van der Waals surface area contributed by atoms with Crippen molar-refractivity contribution in [1.82, 2.24) is 10.1 Å². The van der Waals surface area contributed by atoms with Crippen LogP contribution in [-0.4, -0.2) is 30.5 Å². The molecule has 1 heterocycles. The first-order valence-corrected chi connectivity index (χ1v) is 6.49. The first-order chi connectivity index (χ1) is 9.78. The molecule has 0 amide bonds. The van der Waals surface area contributed by atoms with E-state index in [0.717, 1.165) is 11.3 Å². The fraction of sp³-hybridized carbons (Fsp3) is 0.429. The van der Waals surface area contributed by atoms with Crippen molar-refractivity contribution in [2.24, 2.45) is 0 Å². The van der Waals surface area contributed by atoms with Gasteiger partial charge >= 0.3 is 0 Å². The van der Waals surface area contributed by atoms with E-state index < -0.39 is 6.29 Å². The Morgan fingerprint density at radius 3 is 2.60 bits per heavy atom. The zero-order valence-corrected chi connectivity index (χ0v) is 11.8. The van der Waals surface area contributed by atoms with Gasteiger partial charge in [0.25, 0.3) is 5.89 Å². The summed E-state index contributed by atoms with van der Waals surface area (Å²) in [6.07, 6.45) is -0.628. The van der Waals surface area contributed by atoms with Gasteiger partial charge in [-0.05, 0) is 26.0 Å². The molecular weight excluding hydrogens is 260 g/mol. The van der Waals surface area contributed by atoms with Crippen molar-refractivity contribution in [1.29, 1.82) is 0 Å². The third-order valence-electron chi connectivity index (χ3n) is 2.61. The maximum atomic E-state index is 5.42. The SMILES string of the molecule is CCOC(OCC)c1nc(-c2cccc(OC)c2)no1. The molecule has 1 aromatic carbocycles. The number of ether oxygens (including phenoxy) is 3. The van der Waals surface area contributed by atoms with Crippen molar-refractivity contribution >= 4 is 0 Å². The molecule has 0 saturated carbocycles. The second-order valence-electron chi connectivity index (χ2n) is 3.93. The minimum absolute atomic E-state index is 0.312. The lowest BCUT2D eigenvalue weighted by molar-refractivity contribution is -0.155. The average Bonchev–Trinajstić information content (AvgIpc) is 2.97. The highest BCUT2D eigenvalue weighted by molar-refractivity contribution is 5.56. The summed E-state index contributed by atoms with van der Waals surface area (Å²) < 4.78 is 21.2. The van der Waals surface area contributed by atoms with Gasteiger partial charge in [-0.15, -0.1) is 0 Å². The molecule has 0 spiro atoms. The van der Waals surface area contributed by atoms with Crippen molar-refractivity contribution in [3.8, 4) is 17.1 Å². The summed E-state index contributed by atoms with van der Waals surface area (Å²) in [7, 11) is 1.61. The highest BCUT2D eigenvalue weighted by Crippen LogP contribution is 2.24. The van der Waals surface area contributed by atoms with Gasteiger partial charge in [0.1, 0.15) is 5.75 Å². The molecule has 0 atom stereocenters. The van der Waals surface area contributed by atoms with E-state index in [1.54, 1.807) is 7.11 Å². The standard InChI is InChI=1S/C14H18N2O4/c1-4-18-14(19-5-2)13-15-12(16-20-13)10-7-6-8-11(9-10)17-3/h6-9,14H,4-5H2,1-3H3. The van der Waals surface area contributed by atoms with Gasteiger partial charge in [0, 0.05) is 18.8 Å². The van der Waals surface area contributed by atoms with Crippen LogP contribution in [0.25, 0.3) is 11.4 Å². The lowest BCUT2D eigenvalue weighted by Crippen LogP contribution is -2.09. The molecule has 1 aromatic heterocycles. The molecule has 0 unspecified atom stereocenters. The van der Waals surface area contributed by atoms with Crippen LogP contribution in [0, 0.1) is 0 Å². The van der Waals surface area contributed by atoms with Crippen LogP contribution in [0.15, 0.2) is 28.8 Å². The number of hydrogen-bond acceptors (Lipinski definition) is 6. The molecule has 0 N–H and O–H groups in total. The number of aromatic nitrogens is 2. The van der Waals surface area contributed by atoms with Crippen LogP contribution >= 0.6 is 0 Å². The van der Waals surface area contributed by atoms with Crippen LogP contribution in [0.5, 0.6) is 5.75 Å². The molecule has 0 aliphatic heterocycles. The van der Waals surface area contributed by atoms with Gasteiger partial charge in [0.15, 0.2) is 0 Å². The van der Waals surface area contributed by atoms with Gasteiger partial charge in [0.2, 0.25) is 12.1 Å². The quantitative estimate of drug-likeness (QED) is 0.725. The summed E-state index contributed by atoms with van der Waals surface area (Å²) in [6.45, 7) is 4.76. The monoisotopic (exact) mass is 278 g/mol. The molecule has 0 fully saturated rings. The van der Waals surface area contributed by atoms with Crippen LogP contribution in [0.3, 0.4) is 0 Å². The van der Waals surface area contributed by atoms with Crippen molar-refractivity contribution in [2.45, 2.75) is 20.1 Å². The minimum atomic E-state index is -0.628. The van der Waals surface area contributed by atoms with Gasteiger partial charge in [-0.3, -0.25) is 0 Å². The third kappa shape index (κ3) is 3.34. The smallest absolute Gasteiger partial charge is 0.283 e. The summed E-state index contributed by atoms with van der Waals surface area (Å²) in [5.74, 6) is 1.52. The third-order valence-corrected chi connectivity index (χ3v) is 2.61. The molecule has 6 heteroatoms. The van der Waals surface area contributed by atoms with E-state index in [4.69, 9.17) is 18.7 Å². The molecule has 108 valence electrons. The van der Waals surface area contributed by atoms with Crippen molar-refractivity contribution in [3.63, 3.8) is 0 Å². The Balaban J connectivity index is 2.22. The van der Waals surface area contributed by atoms with E-state index in [0.29, 0.717) is 24.9 Å². The van der Waals surface area contributed by atoms with E-state index in [1.165, 1.54) is 0 Å². The summed E-state index contributed by atoms with van der Waals surface area (Å²) >= 11 is 0. The molecule has 2 rings (SSSR count). The average molecular weight is 278 g/mol. The van der Waals surface area contributed by atoms with Gasteiger partial charge in [-0.25, -0.2) is 0 Å². The van der Waals surface area contributed by atoms with E-state index in [2.05, 4.69) is 10.1 Å². The van der Waals surface area contributed by atoms with E-state index in [-0.39, 0.29) is 0 Å². The maximum Gasteiger partial charge on any atom is 0.283 e. The molecule has 0 radical (unpaired) electrons. The summed E-state index contributed by atoms with van der Waals surface area (Å²) in [5.41, 5.74) is 0.811. The molecule has 2 aromatic rings. The fourth-order valence-electron chi connectivity index (χ4n) is 1.70. The lowest BCUT2D eigenvalue weighted by atomic mass is 10.2. The van der Waals surface area contributed by atoms with E-state index in [9.17, 15) is 0 Å². The Bertz CT molecular complexity index is 535. The van der Waals surface area contributed by atoms with E-state index >= 15 is 0 Å². The van der Waals surface area contributed by atoms with Crippen molar-refractivity contribution in [3.05, 3.63) is 30.2 Å². The Morgan fingerprint density at radius 1 is 1.20 bits per heavy atom. The predicted octanol–water partition coefficient (Wildman–Crippen LogP) is 2.82. The van der Waals surface area contributed by atoms with Crippen molar-refractivity contribution in [2.75, 3.05) is 20.3 Å². The predicted molar refractivity (Wildman–Crippen MR) is 72.3 cm³/mol. The Kier molecular flexibility index (Phi) is 5.09. The fourth-order valence-corrected chi connectivity index (χ4v) is 1.70. The zero-order valence-electron chi connectivity index (χ0n) is 11.8. The second kappa shape index (κ2) is 7.02. The first-order valence-electron chi connectivity index (χ1n) is 6.49. The summed E-state index contributed by atoms with van der Waals surface area (Å²) in [4.78, 5) is 4.31. The molecule has 0 aliphatic carbocycles. The maximum absolute atomic E-state index is 5.42. The number of benzene rings is 1. The highest BCUT2D eigenvalue weighted by Gasteiger charge is 2.20. The van der Waals surface area contributed by atoms with Crippen molar-refractivity contribution < 1.29 is 18.7 Å². The Morgan fingerprint density at radius 2 is 1.95 bits per heavy atom. The summed E-state index contributed by atoms with van der Waals surface area (Å²) in [5, 5.41) is 3.95. The summed E-state index contributed by atoms with van der Waals surface area (Å²) in [6, 6.07) is 7.44. The largest absolute Gasteiger partial charge is 0.497 e. The lowest BCUT2D eigenvalue weighted by Gasteiger charge is -2.11. The van der Waals surface area contributed by atoms with Crippen LogP contribution in [0.4, 0.5) is 0 Å². The minimum Gasteiger partial charge on any atom is -0.497 e. The van der Waals surface area contributed by atoms with Gasteiger partial charge in [-0.2, -0.15) is 4.98 Å². The molecule has 0 aliphatic rings. The topological polar surface area (TPSA) is 66.6 Å². The van der Waals surface area contributed by atoms with Crippen LogP contribution in [0.2, 0.25) is 0 Å². The Hall–Kier alpha value is -1.92. The second-order valence-corrected chi connectivity index (χ2v) is 3.93. The van der Waals surface area contributed by atoms with Crippen LogP contribution in [0.1, 0.15) is 26.0 Å². The number of methoxy groups -OCH3 is 1. The molecule has 0 bridgehead atoms. The molecule has 6 nitrogen and oxygen atoms in total. The number of rotatable bonds is 7. The zero-order chi connectivity index (χ0) is 14.4. The Labute approximate surface area is 117 Å². The molecule has 0 saturated heterocycles. The molecule has 20 heavy (non-hydrogen) atoms. The van der Waals surface area contributed by atoms with Crippen LogP contribution < -0.4 is 4.74 Å². The number of nitrogens with zero attached hydrogens (tertiary/aromatic N) is 2. The molecular formula is C14H18N2O4. The normalized spacial score (nSPS) is 11.0. The van der Waals surface area contributed by atoms with Gasteiger partial charge < -0.3 is 18.7 Å². The first kappa shape index (κ1) is 14.5. The highest BCUT2D eigenvalue weighted by atomic mass is 16.7. The van der Waals surface area contributed by atoms with Crippen LogP contribution in [-0.2, 0) is 9.47 Å². The van der Waals surface area contributed by atoms with E-state index in [1.807, 2.05) is 38.1 Å². The van der Waals surface area contributed by atoms with Gasteiger partial charge in [0.05, 0.1) is 7.11 Å².